The molecule has 0 radical (unpaired) electrons. The quantitative estimate of drug-likeness (QED) is 0.679. The number of anilines is 2. The number of ether oxygens (including phenoxy) is 1. The zero-order valence-electron chi connectivity index (χ0n) is 15.7. The summed E-state index contributed by atoms with van der Waals surface area (Å²) in [7, 11) is 1.52. The third kappa shape index (κ3) is 5.10. The molecule has 2 aromatic carbocycles. The molecule has 1 aliphatic rings. The van der Waals surface area contributed by atoms with Crippen LogP contribution in [0.5, 0.6) is 5.75 Å². The van der Waals surface area contributed by atoms with Crippen LogP contribution in [0.4, 0.5) is 11.4 Å². The first-order valence-corrected chi connectivity index (χ1v) is 8.93. The molecule has 0 spiro atoms. The number of hydrogen-bond donors (Lipinski definition) is 3. The van der Waals surface area contributed by atoms with Gasteiger partial charge in [-0.25, -0.2) is 5.01 Å². The summed E-state index contributed by atoms with van der Waals surface area (Å²) in [4.78, 5) is 47.2. The van der Waals surface area contributed by atoms with Crippen LogP contribution in [0.3, 0.4) is 0 Å². The number of benzene rings is 2. The van der Waals surface area contributed by atoms with Gasteiger partial charge in [0.15, 0.2) is 6.61 Å². The second kappa shape index (κ2) is 8.87. The maximum absolute atomic E-state index is 12.5. The topological polar surface area (TPSA) is 117 Å². The normalized spacial score (nSPS) is 13.5. The van der Waals surface area contributed by atoms with Gasteiger partial charge in [-0.1, -0.05) is 6.07 Å². The predicted molar refractivity (Wildman–Crippen MR) is 105 cm³/mol. The molecule has 9 nitrogen and oxygen atoms in total. The smallest absolute Gasteiger partial charge is 0.257 e. The fourth-order valence-corrected chi connectivity index (χ4v) is 2.63. The second-order valence-corrected chi connectivity index (χ2v) is 6.25. The number of hydrogen-bond acceptors (Lipinski definition) is 5. The van der Waals surface area contributed by atoms with Crippen LogP contribution in [-0.2, 0) is 14.4 Å². The molecule has 0 aromatic heterocycles. The Morgan fingerprint density at radius 1 is 1.10 bits per heavy atom. The molecule has 0 atom stereocenters. The molecule has 0 unspecified atom stereocenters. The van der Waals surface area contributed by atoms with Crippen molar-refractivity contribution in [2.24, 2.45) is 0 Å². The molecule has 0 saturated carbocycles. The van der Waals surface area contributed by atoms with Gasteiger partial charge in [0.05, 0.1) is 5.69 Å². The van der Waals surface area contributed by atoms with Crippen LogP contribution in [0.15, 0.2) is 48.5 Å². The van der Waals surface area contributed by atoms with Gasteiger partial charge in [-0.05, 0) is 36.4 Å². The summed E-state index contributed by atoms with van der Waals surface area (Å²) in [6.07, 6.45) is 0.314. The maximum atomic E-state index is 12.5. The van der Waals surface area contributed by atoms with Crippen molar-refractivity contribution in [2.75, 3.05) is 24.0 Å². The number of likely N-dealkylation sites (N-methyl/N-ethyl adjacent to an activating group) is 1. The minimum Gasteiger partial charge on any atom is -0.484 e. The van der Waals surface area contributed by atoms with E-state index in [0.717, 1.165) is 0 Å². The number of hydrazine groups is 1. The Morgan fingerprint density at radius 2 is 1.86 bits per heavy atom. The SMILES string of the molecule is CNC(=O)COc1cccc(NC(=O)c2ccc(N3NC(=O)CCC3=O)cc2)c1. The lowest BCUT2D eigenvalue weighted by Crippen LogP contribution is -2.50. The van der Waals surface area contributed by atoms with Crippen molar-refractivity contribution in [1.82, 2.24) is 10.7 Å². The average Bonchev–Trinajstić information content (AvgIpc) is 2.74. The van der Waals surface area contributed by atoms with E-state index in [0.29, 0.717) is 22.7 Å². The van der Waals surface area contributed by atoms with Gasteiger partial charge in [-0.15, -0.1) is 0 Å². The van der Waals surface area contributed by atoms with Gasteiger partial charge in [-0.3, -0.25) is 24.6 Å². The van der Waals surface area contributed by atoms with E-state index >= 15 is 0 Å². The first kappa shape index (κ1) is 19.9. The summed E-state index contributed by atoms with van der Waals surface area (Å²) in [6.45, 7) is -0.124. The number of nitrogens with one attached hydrogen (secondary N) is 3. The number of amides is 4. The predicted octanol–water partition coefficient (Wildman–Crippen LogP) is 1.22. The molecule has 1 fully saturated rings. The van der Waals surface area contributed by atoms with Crippen molar-refractivity contribution in [1.29, 1.82) is 0 Å². The summed E-state index contributed by atoms with van der Waals surface area (Å²) in [5.74, 6) is -0.613. The van der Waals surface area contributed by atoms with Crippen LogP contribution >= 0.6 is 0 Å². The summed E-state index contributed by atoms with van der Waals surface area (Å²) >= 11 is 0. The number of carbonyl (C=O) groups is 4. The highest BCUT2D eigenvalue weighted by molar-refractivity contribution is 6.05. The minimum absolute atomic E-state index is 0.124. The Labute approximate surface area is 167 Å². The lowest BCUT2D eigenvalue weighted by molar-refractivity contribution is -0.130. The Balaban J connectivity index is 1.64. The summed E-state index contributed by atoms with van der Waals surface area (Å²) in [5, 5.41) is 6.38. The highest BCUT2D eigenvalue weighted by Gasteiger charge is 2.24. The molecule has 9 heteroatoms. The van der Waals surface area contributed by atoms with E-state index in [1.54, 1.807) is 48.5 Å². The number of rotatable bonds is 6. The van der Waals surface area contributed by atoms with Crippen molar-refractivity contribution >= 4 is 35.0 Å². The van der Waals surface area contributed by atoms with E-state index in [-0.39, 0.29) is 43.1 Å². The van der Waals surface area contributed by atoms with E-state index in [4.69, 9.17) is 4.74 Å². The van der Waals surface area contributed by atoms with Crippen molar-refractivity contribution in [3.05, 3.63) is 54.1 Å². The van der Waals surface area contributed by atoms with Crippen LogP contribution in [0.25, 0.3) is 0 Å². The van der Waals surface area contributed by atoms with E-state index in [1.165, 1.54) is 12.1 Å². The average molecular weight is 396 g/mol. The molecule has 29 heavy (non-hydrogen) atoms. The van der Waals surface area contributed by atoms with Crippen molar-refractivity contribution in [3.63, 3.8) is 0 Å². The Kier molecular flexibility index (Phi) is 6.08. The van der Waals surface area contributed by atoms with Gasteiger partial charge in [0.1, 0.15) is 5.75 Å². The lowest BCUT2D eigenvalue weighted by atomic mass is 10.1. The van der Waals surface area contributed by atoms with Gasteiger partial charge in [0.25, 0.3) is 11.8 Å². The zero-order valence-corrected chi connectivity index (χ0v) is 15.7. The fraction of sp³-hybridized carbons (Fsp3) is 0.200. The number of nitrogens with zero attached hydrogens (tertiary/aromatic N) is 1. The monoisotopic (exact) mass is 396 g/mol. The maximum Gasteiger partial charge on any atom is 0.257 e. The van der Waals surface area contributed by atoms with Gasteiger partial charge < -0.3 is 15.4 Å². The summed E-state index contributed by atoms with van der Waals surface area (Å²) < 4.78 is 5.35. The van der Waals surface area contributed by atoms with Gasteiger partial charge in [0.2, 0.25) is 11.8 Å². The van der Waals surface area contributed by atoms with E-state index in [2.05, 4.69) is 16.1 Å². The molecule has 150 valence electrons. The van der Waals surface area contributed by atoms with Crippen LogP contribution < -0.4 is 25.8 Å². The molecule has 2 aromatic rings. The summed E-state index contributed by atoms with van der Waals surface area (Å²) in [5.41, 5.74) is 3.86. The molecule has 1 saturated heterocycles. The summed E-state index contributed by atoms with van der Waals surface area (Å²) in [6, 6.07) is 13.0. The van der Waals surface area contributed by atoms with Crippen LogP contribution in [0.1, 0.15) is 23.2 Å². The Hall–Kier alpha value is -3.88. The lowest BCUT2D eigenvalue weighted by Gasteiger charge is -2.27. The highest BCUT2D eigenvalue weighted by Crippen LogP contribution is 2.20. The molecule has 0 bridgehead atoms. The fourth-order valence-electron chi connectivity index (χ4n) is 2.63. The van der Waals surface area contributed by atoms with Gasteiger partial charge >= 0.3 is 0 Å². The molecular formula is C20H20N4O5. The van der Waals surface area contributed by atoms with E-state index in [9.17, 15) is 19.2 Å². The Morgan fingerprint density at radius 3 is 2.59 bits per heavy atom. The van der Waals surface area contributed by atoms with E-state index < -0.39 is 0 Å². The second-order valence-electron chi connectivity index (χ2n) is 6.25. The third-order valence-corrected chi connectivity index (χ3v) is 4.18. The minimum atomic E-state index is -0.353. The largest absolute Gasteiger partial charge is 0.484 e. The van der Waals surface area contributed by atoms with E-state index in [1.807, 2.05) is 0 Å². The molecular weight excluding hydrogens is 376 g/mol. The molecule has 0 aliphatic carbocycles. The first-order valence-electron chi connectivity index (χ1n) is 8.93. The molecule has 1 aliphatic heterocycles. The van der Waals surface area contributed by atoms with Crippen LogP contribution in [0, 0.1) is 0 Å². The van der Waals surface area contributed by atoms with Crippen LogP contribution in [-0.4, -0.2) is 37.3 Å². The van der Waals surface area contributed by atoms with Gasteiger partial charge in [0, 0.05) is 37.2 Å². The number of carbonyl (C=O) groups excluding carboxylic acids is 4. The Bertz CT molecular complexity index is 942. The highest BCUT2D eigenvalue weighted by atomic mass is 16.5. The molecule has 3 rings (SSSR count). The zero-order chi connectivity index (χ0) is 20.8. The van der Waals surface area contributed by atoms with Gasteiger partial charge in [-0.2, -0.15) is 0 Å². The van der Waals surface area contributed by atoms with Crippen molar-refractivity contribution in [2.45, 2.75) is 12.8 Å². The van der Waals surface area contributed by atoms with Crippen LogP contribution in [0.2, 0.25) is 0 Å². The van der Waals surface area contributed by atoms with Crippen molar-refractivity contribution in [3.8, 4) is 5.75 Å². The molecule has 3 N–H and O–H groups in total. The molecule has 4 amide bonds. The first-order chi connectivity index (χ1) is 14.0. The molecule has 1 heterocycles. The van der Waals surface area contributed by atoms with Crippen molar-refractivity contribution < 1.29 is 23.9 Å². The standard InChI is InChI=1S/C20H20N4O5/c1-21-18(26)12-29-16-4-2-3-14(11-16)22-20(28)13-5-7-15(8-6-13)24-19(27)10-9-17(25)23-24/h2-8,11H,9-10,12H2,1H3,(H,21,26)(H,22,28)(H,23,25). The third-order valence-electron chi connectivity index (χ3n) is 4.18.